The first-order valence-electron chi connectivity index (χ1n) is 8.57. The Kier molecular flexibility index (Phi) is 4.90. The first kappa shape index (κ1) is 16.4. The number of carbonyl (C=O) groups excluding carboxylic acids is 1. The first-order valence-corrected chi connectivity index (χ1v) is 10.3. The average Bonchev–Trinajstić information content (AvgIpc) is 3.34. The minimum Gasteiger partial charge on any atom is -0.267 e. The van der Waals surface area contributed by atoms with E-state index in [-0.39, 0.29) is 5.91 Å². The molecule has 3 aromatic heterocycles. The minimum atomic E-state index is -0.116. The molecule has 1 aliphatic rings. The lowest BCUT2D eigenvalue weighted by Gasteiger charge is -2.17. The molecular weight excluding hydrogens is 350 g/mol. The number of nitrogens with zero attached hydrogens (tertiary/aromatic N) is 3. The molecule has 3 heterocycles. The van der Waals surface area contributed by atoms with Gasteiger partial charge in [0.15, 0.2) is 0 Å². The van der Waals surface area contributed by atoms with Gasteiger partial charge in [0.2, 0.25) is 0 Å². The highest BCUT2D eigenvalue weighted by Crippen LogP contribution is 2.28. The van der Waals surface area contributed by atoms with E-state index in [4.69, 9.17) is 4.99 Å². The van der Waals surface area contributed by atoms with E-state index in [1.54, 1.807) is 22.1 Å². The highest BCUT2D eigenvalue weighted by atomic mass is 32.1. The Labute approximate surface area is 154 Å². The first-order chi connectivity index (χ1) is 12.3. The number of thiazole rings is 1. The second kappa shape index (κ2) is 7.45. The second-order valence-electron chi connectivity index (χ2n) is 6.17. The Bertz CT molecular complexity index is 918. The van der Waals surface area contributed by atoms with Crippen LogP contribution in [0.2, 0.25) is 0 Å². The van der Waals surface area contributed by atoms with Gasteiger partial charge in [0, 0.05) is 11.6 Å². The van der Waals surface area contributed by atoms with E-state index in [0.717, 1.165) is 28.2 Å². The molecule has 0 aromatic carbocycles. The van der Waals surface area contributed by atoms with E-state index < -0.39 is 0 Å². The molecule has 0 atom stereocenters. The largest absolute Gasteiger partial charge is 0.283 e. The van der Waals surface area contributed by atoms with Crippen LogP contribution in [0.4, 0.5) is 0 Å². The van der Waals surface area contributed by atoms with Crippen molar-refractivity contribution >= 4 is 28.6 Å². The van der Waals surface area contributed by atoms with E-state index in [1.165, 1.54) is 30.6 Å². The molecule has 0 bridgehead atoms. The molecule has 3 aromatic rings. The van der Waals surface area contributed by atoms with Crippen molar-refractivity contribution in [3.63, 3.8) is 0 Å². The van der Waals surface area contributed by atoms with Crippen LogP contribution in [0.25, 0.3) is 9.88 Å². The van der Waals surface area contributed by atoms with Gasteiger partial charge in [-0.2, -0.15) is 0 Å². The van der Waals surface area contributed by atoms with E-state index in [0.29, 0.717) is 11.7 Å². The van der Waals surface area contributed by atoms with Crippen molar-refractivity contribution in [2.75, 3.05) is 0 Å². The quantitative estimate of drug-likeness (QED) is 0.678. The number of rotatable bonds is 3. The van der Waals surface area contributed by atoms with Crippen LogP contribution in [0.3, 0.4) is 0 Å². The molecule has 0 radical (unpaired) electrons. The smallest absolute Gasteiger partial charge is 0.267 e. The molecule has 128 valence electrons. The van der Waals surface area contributed by atoms with Crippen LogP contribution in [-0.2, 0) is 0 Å². The van der Waals surface area contributed by atoms with Gasteiger partial charge >= 0.3 is 0 Å². The number of hydrogen-bond donors (Lipinski definition) is 0. The third kappa shape index (κ3) is 3.65. The van der Waals surface area contributed by atoms with Gasteiger partial charge in [-0.25, -0.2) is 4.98 Å². The zero-order chi connectivity index (χ0) is 17.1. The summed E-state index contributed by atoms with van der Waals surface area (Å²) >= 11 is 3.14. The van der Waals surface area contributed by atoms with Crippen molar-refractivity contribution in [3.05, 3.63) is 58.5 Å². The molecule has 0 saturated heterocycles. The van der Waals surface area contributed by atoms with E-state index >= 15 is 0 Å². The topological polar surface area (TPSA) is 47.2 Å². The number of pyridine rings is 1. The van der Waals surface area contributed by atoms with Crippen molar-refractivity contribution in [1.82, 2.24) is 9.55 Å². The molecule has 0 spiro atoms. The summed E-state index contributed by atoms with van der Waals surface area (Å²) in [7, 11) is 0. The molecule has 25 heavy (non-hydrogen) atoms. The maximum atomic E-state index is 12.9. The zero-order valence-electron chi connectivity index (χ0n) is 13.8. The van der Waals surface area contributed by atoms with Crippen molar-refractivity contribution in [1.29, 1.82) is 0 Å². The number of aromatic nitrogens is 2. The predicted octanol–water partition coefficient (Wildman–Crippen LogP) is 4.60. The number of thiophene rings is 1. The summed E-state index contributed by atoms with van der Waals surface area (Å²) in [5.74, 6) is -0.116. The minimum absolute atomic E-state index is 0.116. The molecule has 0 unspecified atom stereocenters. The monoisotopic (exact) mass is 369 g/mol. The number of carbonyl (C=O) groups is 1. The van der Waals surface area contributed by atoms with Crippen LogP contribution in [-0.4, -0.2) is 21.5 Å². The van der Waals surface area contributed by atoms with Crippen LogP contribution >= 0.6 is 22.7 Å². The Morgan fingerprint density at radius 1 is 1.12 bits per heavy atom. The Hall–Kier alpha value is -2.05. The zero-order valence-corrected chi connectivity index (χ0v) is 15.4. The van der Waals surface area contributed by atoms with E-state index in [2.05, 4.69) is 4.98 Å². The van der Waals surface area contributed by atoms with Crippen LogP contribution < -0.4 is 5.49 Å². The normalized spacial score (nSPS) is 16.2. The van der Waals surface area contributed by atoms with Crippen LogP contribution in [0, 0.1) is 0 Å². The molecule has 0 N–H and O–H groups in total. The van der Waals surface area contributed by atoms with Crippen molar-refractivity contribution in [2.45, 2.75) is 38.1 Å². The fourth-order valence-electron chi connectivity index (χ4n) is 3.12. The summed E-state index contributed by atoms with van der Waals surface area (Å²) in [4.78, 5) is 23.4. The molecule has 1 aliphatic carbocycles. The summed E-state index contributed by atoms with van der Waals surface area (Å²) in [6, 6.07) is 10.1. The standard InChI is InChI=1S/C19H19N3OS2/c23-19(15-13-25-18(21-15)16-9-6-12-24-16)22-11-5-4-10-17(22)20-14-7-2-1-3-8-14/h4-6,9-14H,1-3,7-8H2. The van der Waals surface area contributed by atoms with Gasteiger partial charge in [0.1, 0.15) is 16.2 Å². The summed E-state index contributed by atoms with van der Waals surface area (Å²) in [6.07, 6.45) is 7.76. The highest BCUT2D eigenvalue weighted by Gasteiger charge is 2.16. The van der Waals surface area contributed by atoms with Gasteiger partial charge in [0.05, 0.1) is 10.9 Å². The van der Waals surface area contributed by atoms with Gasteiger partial charge in [-0.15, -0.1) is 22.7 Å². The van der Waals surface area contributed by atoms with Gasteiger partial charge in [-0.05, 0) is 36.4 Å². The summed E-state index contributed by atoms with van der Waals surface area (Å²) in [5.41, 5.74) is 1.20. The number of hydrogen-bond acceptors (Lipinski definition) is 5. The van der Waals surface area contributed by atoms with Crippen LogP contribution in [0.5, 0.6) is 0 Å². The molecular formula is C19H19N3OS2. The van der Waals surface area contributed by atoms with Gasteiger partial charge in [-0.3, -0.25) is 14.4 Å². The molecule has 1 fully saturated rings. The highest BCUT2D eigenvalue weighted by molar-refractivity contribution is 7.20. The van der Waals surface area contributed by atoms with Gasteiger partial charge in [0.25, 0.3) is 5.91 Å². The SMILES string of the molecule is O=C(c1csc(-c2cccs2)n1)n1ccccc1=NC1CCCCC1. The lowest BCUT2D eigenvalue weighted by molar-refractivity contribution is 0.0950. The molecule has 1 saturated carbocycles. The summed E-state index contributed by atoms with van der Waals surface area (Å²) in [5, 5.41) is 4.74. The molecule has 4 nitrogen and oxygen atoms in total. The lowest BCUT2D eigenvalue weighted by Crippen LogP contribution is -2.29. The second-order valence-corrected chi connectivity index (χ2v) is 7.98. The van der Waals surface area contributed by atoms with E-state index in [1.807, 2.05) is 41.1 Å². The summed E-state index contributed by atoms with van der Waals surface area (Å²) in [6.45, 7) is 0. The summed E-state index contributed by atoms with van der Waals surface area (Å²) < 4.78 is 1.63. The Morgan fingerprint density at radius 3 is 2.80 bits per heavy atom. The van der Waals surface area contributed by atoms with E-state index in [9.17, 15) is 4.79 Å². The predicted molar refractivity (Wildman–Crippen MR) is 102 cm³/mol. The molecule has 0 aliphatic heterocycles. The van der Waals surface area contributed by atoms with Crippen molar-refractivity contribution in [3.8, 4) is 9.88 Å². The Balaban J connectivity index is 1.65. The van der Waals surface area contributed by atoms with Gasteiger partial charge < -0.3 is 0 Å². The van der Waals surface area contributed by atoms with Gasteiger partial charge in [-0.1, -0.05) is 31.4 Å². The third-order valence-electron chi connectivity index (χ3n) is 4.40. The molecule has 0 amide bonds. The molecule has 6 heteroatoms. The maximum absolute atomic E-state index is 12.9. The van der Waals surface area contributed by atoms with Crippen molar-refractivity contribution < 1.29 is 4.79 Å². The lowest BCUT2D eigenvalue weighted by atomic mass is 9.96. The average molecular weight is 370 g/mol. The third-order valence-corrected chi connectivity index (χ3v) is 6.28. The maximum Gasteiger partial charge on any atom is 0.283 e. The fourth-order valence-corrected chi connectivity index (χ4v) is 4.73. The van der Waals surface area contributed by atoms with Crippen LogP contribution in [0.15, 0.2) is 52.3 Å². The Morgan fingerprint density at radius 2 is 2.00 bits per heavy atom. The van der Waals surface area contributed by atoms with Crippen LogP contribution in [0.1, 0.15) is 42.6 Å². The van der Waals surface area contributed by atoms with Crippen molar-refractivity contribution in [2.24, 2.45) is 4.99 Å². The fraction of sp³-hybridized carbons (Fsp3) is 0.316. The molecule has 4 rings (SSSR count).